The van der Waals surface area contributed by atoms with Crippen LogP contribution in [0.25, 0.3) is 0 Å². The first-order valence-corrected chi connectivity index (χ1v) is 10.8. The van der Waals surface area contributed by atoms with Crippen LogP contribution >= 0.6 is 0 Å². The van der Waals surface area contributed by atoms with E-state index in [9.17, 15) is 4.79 Å². The van der Waals surface area contributed by atoms with Gasteiger partial charge in [0.15, 0.2) is 0 Å². The molecule has 2 aliphatic rings. The highest BCUT2D eigenvalue weighted by Gasteiger charge is 2.34. The highest BCUT2D eigenvalue weighted by atomic mass is 16.5. The third kappa shape index (κ3) is 5.48. The fourth-order valence-electron chi connectivity index (χ4n) is 4.27. The molecule has 2 fully saturated rings. The Morgan fingerprint density at radius 2 is 1.82 bits per heavy atom. The molecule has 0 aromatic heterocycles. The molecule has 1 amide bonds. The monoisotopic (exact) mass is 387 g/mol. The third-order valence-electron chi connectivity index (χ3n) is 6.53. The molecule has 1 aliphatic carbocycles. The zero-order valence-electron chi connectivity index (χ0n) is 18.0. The molecule has 1 saturated carbocycles. The molecule has 1 aliphatic heterocycles. The highest BCUT2D eigenvalue weighted by Crippen LogP contribution is 2.44. The van der Waals surface area contributed by atoms with Crippen molar-refractivity contribution in [3.05, 3.63) is 29.8 Å². The number of carbonyl (C=O) groups excluding carboxylic acids is 1. The normalized spacial score (nSPS) is 20.0. The zero-order chi connectivity index (χ0) is 20.1. The molecule has 0 radical (unpaired) electrons. The molecule has 28 heavy (non-hydrogen) atoms. The van der Waals surface area contributed by atoms with Gasteiger partial charge in [0, 0.05) is 44.7 Å². The van der Waals surface area contributed by atoms with Crippen molar-refractivity contribution in [3.8, 4) is 5.75 Å². The minimum atomic E-state index is -0.00924. The number of hydrogen-bond donors (Lipinski definition) is 1. The molecule has 1 N–H and O–H groups in total. The SMILES string of the molecule is CCN1CCN(C(C)(C)CNC(=O)CC(c2ccc(OC)cc2)C2CC2)CC1. The second-order valence-electron chi connectivity index (χ2n) is 8.93. The Hall–Kier alpha value is -1.59. The summed E-state index contributed by atoms with van der Waals surface area (Å²) in [5.74, 6) is 2.01. The number of amides is 1. The third-order valence-corrected chi connectivity index (χ3v) is 6.53. The molecule has 1 aromatic rings. The number of carbonyl (C=O) groups is 1. The minimum Gasteiger partial charge on any atom is -0.497 e. The van der Waals surface area contributed by atoms with Crippen molar-refractivity contribution in [2.75, 3.05) is 46.4 Å². The molecule has 1 unspecified atom stereocenters. The van der Waals surface area contributed by atoms with Crippen molar-refractivity contribution in [1.82, 2.24) is 15.1 Å². The average Bonchev–Trinajstić information content (AvgIpc) is 3.56. The molecular weight excluding hydrogens is 350 g/mol. The summed E-state index contributed by atoms with van der Waals surface area (Å²) in [6.45, 7) is 12.9. The van der Waals surface area contributed by atoms with Gasteiger partial charge in [-0.15, -0.1) is 0 Å². The van der Waals surface area contributed by atoms with Gasteiger partial charge in [-0.25, -0.2) is 0 Å². The first kappa shape index (κ1) is 21.1. The summed E-state index contributed by atoms with van der Waals surface area (Å²) in [7, 11) is 1.69. The van der Waals surface area contributed by atoms with E-state index < -0.39 is 0 Å². The molecule has 1 atom stereocenters. The van der Waals surface area contributed by atoms with Crippen LogP contribution in [0.15, 0.2) is 24.3 Å². The maximum Gasteiger partial charge on any atom is 0.220 e. The lowest BCUT2D eigenvalue weighted by Gasteiger charge is -2.44. The van der Waals surface area contributed by atoms with Gasteiger partial charge in [-0.2, -0.15) is 0 Å². The molecule has 5 nitrogen and oxygen atoms in total. The largest absolute Gasteiger partial charge is 0.497 e. The van der Waals surface area contributed by atoms with Crippen LogP contribution in [0.5, 0.6) is 5.75 Å². The van der Waals surface area contributed by atoms with Gasteiger partial charge in [0.1, 0.15) is 5.75 Å². The van der Waals surface area contributed by atoms with Crippen LogP contribution < -0.4 is 10.1 Å². The Balaban J connectivity index is 1.51. The van der Waals surface area contributed by atoms with Crippen molar-refractivity contribution >= 4 is 5.91 Å². The maximum absolute atomic E-state index is 12.7. The van der Waals surface area contributed by atoms with Crippen LogP contribution in [0.3, 0.4) is 0 Å². The van der Waals surface area contributed by atoms with Crippen molar-refractivity contribution < 1.29 is 9.53 Å². The minimum absolute atomic E-state index is 0.00924. The summed E-state index contributed by atoms with van der Waals surface area (Å²) in [5.41, 5.74) is 1.25. The van der Waals surface area contributed by atoms with Crippen molar-refractivity contribution in [2.45, 2.75) is 51.5 Å². The lowest BCUT2D eigenvalue weighted by molar-refractivity contribution is -0.122. The summed E-state index contributed by atoms with van der Waals surface area (Å²) in [4.78, 5) is 17.7. The van der Waals surface area contributed by atoms with Gasteiger partial charge in [0.25, 0.3) is 0 Å². The summed E-state index contributed by atoms with van der Waals surface area (Å²) in [6.07, 6.45) is 3.05. The molecule has 0 spiro atoms. The number of benzene rings is 1. The maximum atomic E-state index is 12.7. The first-order valence-electron chi connectivity index (χ1n) is 10.8. The Morgan fingerprint density at radius 1 is 1.18 bits per heavy atom. The van der Waals surface area contributed by atoms with Crippen LogP contribution in [0.1, 0.15) is 51.5 Å². The Labute approximate surface area is 170 Å². The van der Waals surface area contributed by atoms with E-state index in [1.54, 1.807) is 7.11 Å². The van der Waals surface area contributed by atoms with Gasteiger partial charge in [0.2, 0.25) is 5.91 Å². The lowest BCUT2D eigenvalue weighted by atomic mass is 9.90. The smallest absolute Gasteiger partial charge is 0.220 e. The molecule has 1 saturated heterocycles. The van der Waals surface area contributed by atoms with Crippen molar-refractivity contribution in [2.24, 2.45) is 5.92 Å². The summed E-state index contributed by atoms with van der Waals surface area (Å²) in [5, 5.41) is 3.23. The van der Waals surface area contributed by atoms with Gasteiger partial charge in [-0.3, -0.25) is 9.69 Å². The lowest BCUT2D eigenvalue weighted by Crippen LogP contribution is -2.58. The molecule has 1 aromatic carbocycles. The summed E-state index contributed by atoms with van der Waals surface area (Å²) >= 11 is 0. The van der Waals surface area contributed by atoms with E-state index >= 15 is 0 Å². The topological polar surface area (TPSA) is 44.8 Å². The average molecular weight is 388 g/mol. The standard InChI is InChI=1S/C23H37N3O2/c1-5-25-12-14-26(15-13-25)23(2,3)17-24-22(27)16-21(18-6-7-18)19-8-10-20(28-4)11-9-19/h8-11,18,21H,5-7,12-17H2,1-4H3,(H,24,27). The molecule has 1 heterocycles. The van der Waals surface area contributed by atoms with Crippen LogP contribution in [0.4, 0.5) is 0 Å². The predicted molar refractivity (Wildman–Crippen MR) is 114 cm³/mol. The number of methoxy groups -OCH3 is 1. The van der Waals surface area contributed by atoms with E-state index in [1.807, 2.05) is 12.1 Å². The van der Waals surface area contributed by atoms with Gasteiger partial charge in [0.05, 0.1) is 7.11 Å². The fourth-order valence-corrected chi connectivity index (χ4v) is 4.27. The van der Waals surface area contributed by atoms with Crippen LogP contribution in [-0.4, -0.2) is 67.6 Å². The second kappa shape index (κ2) is 9.27. The quantitative estimate of drug-likeness (QED) is 0.707. The molecule has 156 valence electrons. The van der Waals surface area contributed by atoms with Crippen molar-refractivity contribution in [1.29, 1.82) is 0 Å². The number of nitrogens with zero attached hydrogens (tertiary/aromatic N) is 2. The van der Waals surface area contributed by atoms with Gasteiger partial charge in [-0.1, -0.05) is 19.1 Å². The summed E-state index contributed by atoms with van der Waals surface area (Å²) < 4.78 is 5.27. The molecule has 3 rings (SSSR count). The summed E-state index contributed by atoms with van der Waals surface area (Å²) in [6, 6.07) is 8.24. The van der Waals surface area contributed by atoms with E-state index in [4.69, 9.17) is 4.74 Å². The van der Waals surface area contributed by atoms with E-state index in [-0.39, 0.29) is 11.4 Å². The fraction of sp³-hybridized carbons (Fsp3) is 0.696. The molecule has 0 bridgehead atoms. The first-order chi connectivity index (χ1) is 13.4. The van der Waals surface area contributed by atoms with E-state index in [2.05, 4.69) is 48.0 Å². The molecular formula is C23H37N3O2. The van der Waals surface area contributed by atoms with Gasteiger partial charge < -0.3 is 15.0 Å². The number of hydrogen-bond acceptors (Lipinski definition) is 4. The highest BCUT2D eigenvalue weighted by molar-refractivity contribution is 5.77. The second-order valence-corrected chi connectivity index (χ2v) is 8.93. The Morgan fingerprint density at radius 3 is 2.36 bits per heavy atom. The molecule has 5 heteroatoms. The predicted octanol–water partition coefficient (Wildman–Crippen LogP) is 3.11. The number of likely N-dealkylation sites (N-methyl/N-ethyl adjacent to an activating group) is 1. The van der Waals surface area contributed by atoms with E-state index in [0.717, 1.165) is 38.5 Å². The van der Waals surface area contributed by atoms with E-state index in [0.29, 0.717) is 24.8 Å². The number of piperazine rings is 1. The zero-order valence-corrected chi connectivity index (χ0v) is 18.0. The number of nitrogens with one attached hydrogen (secondary N) is 1. The van der Waals surface area contributed by atoms with Gasteiger partial charge >= 0.3 is 0 Å². The Bertz CT molecular complexity index is 632. The van der Waals surface area contributed by atoms with Crippen molar-refractivity contribution in [3.63, 3.8) is 0 Å². The number of rotatable bonds is 9. The van der Waals surface area contributed by atoms with Crippen LogP contribution in [-0.2, 0) is 4.79 Å². The van der Waals surface area contributed by atoms with Gasteiger partial charge in [-0.05, 0) is 62.8 Å². The number of ether oxygens (including phenoxy) is 1. The van der Waals surface area contributed by atoms with Crippen LogP contribution in [0.2, 0.25) is 0 Å². The van der Waals surface area contributed by atoms with E-state index in [1.165, 1.54) is 18.4 Å². The Kier molecular flexibility index (Phi) is 7.00. The van der Waals surface area contributed by atoms with Crippen LogP contribution in [0, 0.1) is 5.92 Å².